The number of hydrogen-bond acceptors (Lipinski definition) is 6. The number of thiazole rings is 1. The first-order valence-corrected chi connectivity index (χ1v) is 10.2. The van der Waals surface area contributed by atoms with E-state index in [-0.39, 0.29) is 18.0 Å². The van der Waals surface area contributed by atoms with E-state index in [2.05, 4.69) is 10.3 Å². The Bertz CT molecular complexity index is 1030. The number of aromatic nitrogens is 2. The maximum Gasteiger partial charge on any atom is 0.408 e. The van der Waals surface area contributed by atoms with Crippen molar-refractivity contribution in [3.8, 4) is 10.6 Å². The first-order valence-electron chi connectivity index (χ1n) is 8.52. The monoisotopic (exact) mass is 402 g/mol. The predicted octanol–water partition coefficient (Wildman–Crippen LogP) is 4.36. The number of hydrogen-bond donors (Lipinski definition) is 2. The van der Waals surface area contributed by atoms with Crippen molar-refractivity contribution < 1.29 is 14.7 Å². The van der Waals surface area contributed by atoms with Crippen LogP contribution in [0.1, 0.15) is 37.3 Å². The van der Waals surface area contributed by atoms with Gasteiger partial charge in [-0.1, -0.05) is 0 Å². The van der Waals surface area contributed by atoms with Gasteiger partial charge in [0.2, 0.25) is 5.91 Å². The molecule has 1 aliphatic heterocycles. The standard InChI is InChI=1S/C18H18N4O3S2/c1-8-6-11-14(17-21-12-7-19-5-4-13(12)26-17)16(20-10(3)23)27-15(11)9(2)22(8)18(24)25/h4-5,7-9H,6H2,1-3H3,(H,20,23)(H,24,25)/t8-,9+/m0/s1. The van der Waals surface area contributed by atoms with Crippen LogP contribution in [0.4, 0.5) is 9.80 Å². The number of carbonyl (C=O) groups is 2. The van der Waals surface area contributed by atoms with Crippen LogP contribution in [0.2, 0.25) is 0 Å². The third kappa shape index (κ3) is 2.96. The van der Waals surface area contributed by atoms with Gasteiger partial charge < -0.3 is 10.4 Å². The molecule has 3 aromatic heterocycles. The minimum atomic E-state index is -0.928. The molecule has 0 aromatic carbocycles. The van der Waals surface area contributed by atoms with E-state index in [1.807, 2.05) is 19.9 Å². The number of nitrogens with one attached hydrogen (secondary N) is 1. The molecule has 1 aliphatic rings. The summed E-state index contributed by atoms with van der Waals surface area (Å²) in [6.07, 6.45) is 3.12. The van der Waals surface area contributed by atoms with Crippen LogP contribution in [0.3, 0.4) is 0 Å². The number of amides is 2. The molecule has 4 heterocycles. The molecule has 4 rings (SSSR count). The summed E-state index contributed by atoms with van der Waals surface area (Å²) in [7, 11) is 0. The summed E-state index contributed by atoms with van der Waals surface area (Å²) in [4.78, 5) is 34.7. The highest BCUT2D eigenvalue weighted by Crippen LogP contribution is 2.49. The van der Waals surface area contributed by atoms with Crippen LogP contribution >= 0.6 is 22.7 Å². The Balaban J connectivity index is 1.91. The highest BCUT2D eigenvalue weighted by molar-refractivity contribution is 7.23. The first-order chi connectivity index (χ1) is 12.9. The summed E-state index contributed by atoms with van der Waals surface area (Å²) in [5.74, 6) is -0.159. The van der Waals surface area contributed by atoms with Gasteiger partial charge in [0, 0.05) is 29.6 Å². The molecule has 0 bridgehead atoms. The van der Waals surface area contributed by atoms with Gasteiger partial charge in [0.25, 0.3) is 0 Å². The van der Waals surface area contributed by atoms with Crippen LogP contribution in [0.15, 0.2) is 18.5 Å². The van der Waals surface area contributed by atoms with Crippen molar-refractivity contribution in [1.82, 2.24) is 14.9 Å². The molecule has 2 atom stereocenters. The van der Waals surface area contributed by atoms with Crippen molar-refractivity contribution in [2.24, 2.45) is 0 Å². The number of thiophene rings is 1. The third-order valence-corrected chi connectivity index (χ3v) is 7.10. The topological polar surface area (TPSA) is 95.4 Å². The van der Waals surface area contributed by atoms with Gasteiger partial charge in [0.15, 0.2) is 0 Å². The number of anilines is 1. The van der Waals surface area contributed by atoms with E-state index in [9.17, 15) is 14.7 Å². The molecule has 0 saturated heterocycles. The van der Waals surface area contributed by atoms with E-state index in [1.54, 1.807) is 23.7 Å². The third-order valence-electron chi connectivity index (χ3n) is 4.72. The SMILES string of the molecule is CC(=O)Nc1sc2c(c1-c1nc3cnccc3s1)C[C@H](C)N(C(=O)O)[C@@H]2C. The lowest BCUT2D eigenvalue weighted by atomic mass is 9.93. The minimum absolute atomic E-state index is 0.153. The van der Waals surface area contributed by atoms with Crippen molar-refractivity contribution in [2.45, 2.75) is 39.3 Å². The molecule has 0 aliphatic carbocycles. The van der Waals surface area contributed by atoms with Crippen LogP contribution in [0, 0.1) is 0 Å². The van der Waals surface area contributed by atoms with Gasteiger partial charge in [0.1, 0.15) is 15.5 Å². The number of nitrogens with zero attached hydrogens (tertiary/aromatic N) is 3. The Morgan fingerprint density at radius 3 is 2.78 bits per heavy atom. The average molecular weight is 403 g/mol. The van der Waals surface area contributed by atoms with Gasteiger partial charge in [-0.05, 0) is 31.9 Å². The van der Waals surface area contributed by atoms with Crippen molar-refractivity contribution in [3.63, 3.8) is 0 Å². The molecule has 2 amide bonds. The predicted molar refractivity (Wildman–Crippen MR) is 106 cm³/mol. The van der Waals surface area contributed by atoms with E-state index < -0.39 is 6.09 Å². The molecule has 2 N–H and O–H groups in total. The van der Waals surface area contributed by atoms with Crippen LogP contribution in [-0.2, 0) is 11.2 Å². The molecule has 0 saturated carbocycles. The summed E-state index contributed by atoms with van der Waals surface area (Å²) < 4.78 is 1.03. The smallest absolute Gasteiger partial charge is 0.408 e. The van der Waals surface area contributed by atoms with Crippen molar-refractivity contribution in [1.29, 1.82) is 0 Å². The second-order valence-corrected chi connectivity index (χ2v) is 8.69. The zero-order valence-electron chi connectivity index (χ0n) is 15.0. The van der Waals surface area contributed by atoms with Crippen molar-refractivity contribution in [3.05, 3.63) is 28.9 Å². The van der Waals surface area contributed by atoms with Gasteiger partial charge in [-0.2, -0.15) is 0 Å². The van der Waals surface area contributed by atoms with E-state index in [1.165, 1.54) is 23.2 Å². The van der Waals surface area contributed by atoms with Crippen LogP contribution < -0.4 is 5.32 Å². The average Bonchev–Trinajstić information content (AvgIpc) is 3.14. The summed E-state index contributed by atoms with van der Waals surface area (Å²) in [5, 5.41) is 14.0. The largest absolute Gasteiger partial charge is 0.465 e. The maximum absolute atomic E-state index is 11.8. The van der Waals surface area contributed by atoms with E-state index in [0.717, 1.165) is 36.2 Å². The van der Waals surface area contributed by atoms with Gasteiger partial charge in [0.05, 0.1) is 16.9 Å². The molecule has 140 valence electrons. The zero-order valence-corrected chi connectivity index (χ0v) is 16.6. The molecule has 3 aromatic rings. The Hall–Kier alpha value is -2.52. The quantitative estimate of drug-likeness (QED) is 0.664. The van der Waals surface area contributed by atoms with Crippen molar-refractivity contribution >= 4 is 49.9 Å². The number of carboxylic acid groups (broad SMARTS) is 1. The van der Waals surface area contributed by atoms with Gasteiger partial charge >= 0.3 is 6.09 Å². The summed E-state index contributed by atoms with van der Waals surface area (Å²) in [5.41, 5.74) is 2.80. The molecule has 0 spiro atoms. The molecule has 27 heavy (non-hydrogen) atoms. The normalized spacial score (nSPS) is 19.1. The van der Waals surface area contributed by atoms with Crippen LogP contribution in [0.25, 0.3) is 20.8 Å². The number of pyridine rings is 1. The minimum Gasteiger partial charge on any atom is -0.465 e. The summed E-state index contributed by atoms with van der Waals surface area (Å²) in [6.45, 7) is 5.28. The molecule has 0 fully saturated rings. The molecule has 7 nitrogen and oxygen atoms in total. The van der Waals surface area contributed by atoms with Gasteiger partial charge in [-0.15, -0.1) is 22.7 Å². The Morgan fingerprint density at radius 2 is 2.11 bits per heavy atom. The fourth-order valence-electron chi connectivity index (χ4n) is 3.64. The number of fused-ring (bicyclic) bond motifs is 2. The number of carbonyl (C=O) groups excluding carboxylic acids is 1. The first kappa shape index (κ1) is 17.9. The Morgan fingerprint density at radius 1 is 1.33 bits per heavy atom. The second kappa shape index (κ2) is 6.58. The highest BCUT2D eigenvalue weighted by Gasteiger charge is 2.37. The lowest BCUT2D eigenvalue weighted by Gasteiger charge is -2.36. The van der Waals surface area contributed by atoms with E-state index >= 15 is 0 Å². The summed E-state index contributed by atoms with van der Waals surface area (Å²) in [6, 6.07) is 1.49. The zero-order chi connectivity index (χ0) is 19.3. The van der Waals surface area contributed by atoms with E-state index in [4.69, 9.17) is 4.98 Å². The highest BCUT2D eigenvalue weighted by atomic mass is 32.1. The fourth-order valence-corrected chi connectivity index (χ4v) is 6.05. The van der Waals surface area contributed by atoms with Gasteiger partial charge in [-0.25, -0.2) is 9.78 Å². The molecular formula is C18H18N4O3S2. The molecular weight excluding hydrogens is 384 g/mol. The maximum atomic E-state index is 11.8. The lowest BCUT2D eigenvalue weighted by Crippen LogP contribution is -2.43. The Labute approximate surface area is 163 Å². The Kier molecular flexibility index (Phi) is 4.35. The van der Waals surface area contributed by atoms with Crippen molar-refractivity contribution in [2.75, 3.05) is 5.32 Å². The fraction of sp³-hybridized carbons (Fsp3) is 0.333. The van der Waals surface area contributed by atoms with Crippen LogP contribution in [-0.4, -0.2) is 38.0 Å². The van der Waals surface area contributed by atoms with Gasteiger partial charge in [-0.3, -0.25) is 14.7 Å². The molecule has 0 unspecified atom stereocenters. The summed E-state index contributed by atoms with van der Waals surface area (Å²) >= 11 is 2.99. The molecule has 0 radical (unpaired) electrons. The van der Waals surface area contributed by atoms with Crippen LogP contribution in [0.5, 0.6) is 0 Å². The second-order valence-electron chi connectivity index (χ2n) is 6.61. The van der Waals surface area contributed by atoms with E-state index in [0.29, 0.717) is 6.42 Å². The molecule has 9 heteroatoms. The number of rotatable bonds is 2. The lowest BCUT2D eigenvalue weighted by molar-refractivity contribution is -0.114.